The maximum absolute atomic E-state index is 13.5. The molecule has 4 unspecified atom stereocenters. The normalized spacial score (nSPS) is 22.1. The van der Waals surface area contributed by atoms with Crippen LogP contribution in [0.4, 0.5) is 0 Å². The second-order valence-corrected chi connectivity index (χ2v) is 9.42. The zero-order valence-electron chi connectivity index (χ0n) is 19.9. The molecule has 0 radical (unpaired) electrons. The maximum atomic E-state index is 13.5. The fraction of sp³-hybridized carbons (Fsp3) is 0.357. The van der Waals surface area contributed by atoms with Crippen molar-refractivity contribution in [3.05, 3.63) is 94.9 Å². The smallest absolute Gasteiger partial charge is 0.290 e. The molecular formula is C28H31N3O4. The van der Waals surface area contributed by atoms with E-state index in [1.807, 2.05) is 42.5 Å². The van der Waals surface area contributed by atoms with E-state index >= 15 is 0 Å². The van der Waals surface area contributed by atoms with Gasteiger partial charge < -0.3 is 25.1 Å². The summed E-state index contributed by atoms with van der Waals surface area (Å²) in [5.41, 5.74) is 9.37. The summed E-state index contributed by atoms with van der Waals surface area (Å²) in [4.78, 5) is 28.5. The molecule has 3 aromatic rings. The Morgan fingerprint density at radius 2 is 1.89 bits per heavy atom. The molecule has 1 aliphatic carbocycles. The number of carbonyl (C=O) groups is 2. The zero-order valence-corrected chi connectivity index (χ0v) is 19.9. The van der Waals surface area contributed by atoms with Gasteiger partial charge in [-0.2, -0.15) is 0 Å². The van der Waals surface area contributed by atoms with Crippen LogP contribution in [0.2, 0.25) is 0 Å². The second kappa shape index (κ2) is 10.1. The minimum atomic E-state index is -0.639. The van der Waals surface area contributed by atoms with Gasteiger partial charge in [0.2, 0.25) is 5.91 Å². The number of aryl methyl sites for hydroxylation is 1. The summed E-state index contributed by atoms with van der Waals surface area (Å²) in [5.74, 6) is 0.234. The van der Waals surface area contributed by atoms with E-state index in [2.05, 4.69) is 17.4 Å². The largest absolute Gasteiger partial charge is 0.454 e. The number of nitrogens with one attached hydrogen (secondary N) is 1. The molecule has 2 amide bonds. The molecule has 2 heterocycles. The van der Waals surface area contributed by atoms with Crippen molar-refractivity contribution in [2.75, 3.05) is 6.54 Å². The van der Waals surface area contributed by atoms with Crippen molar-refractivity contribution in [2.45, 2.75) is 57.0 Å². The van der Waals surface area contributed by atoms with Crippen LogP contribution in [0, 0.1) is 0 Å². The number of furan rings is 1. The van der Waals surface area contributed by atoms with Gasteiger partial charge in [-0.05, 0) is 48.6 Å². The van der Waals surface area contributed by atoms with Crippen molar-refractivity contribution in [1.29, 1.82) is 0 Å². The second-order valence-electron chi connectivity index (χ2n) is 9.42. The van der Waals surface area contributed by atoms with Gasteiger partial charge in [0.1, 0.15) is 11.8 Å². The Morgan fingerprint density at radius 3 is 2.66 bits per heavy atom. The van der Waals surface area contributed by atoms with Crippen LogP contribution in [0.15, 0.2) is 71.1 Å². The number of nitrogens with two attached hydrogens (primary N) is 1. The van der Waals surface area contributed by atoms with E-state index in [1.54, 1.807) is 24.0 Å². The van der Waals surface area contributed by atoms with Gasteiger partial charge in [-0.3, -0.25) is 9.59 Å². The molecule has 2 aliphatic rings. The van der Waals surface area contributed by atoms with Crippen LogP contribution < -0.4 is 11.1 Å². The monoisotopic (exact) mass is 473 g/mol. The quantitative estimate of drug-likeness (QED) is 0.542. The third kappa shape index (κ3) is 5.01. The third-order valence-corrected chi connectivity index (χ3v) is 6.89. The third-order valence-electron chi connectivity index (χ3n) is 6.89. The summed E-state index contributed by atoms with van der Waals surface area (Å²) < 4.78 is 11.8. The molecule has 3 N–H and O–H groups in total. The lowest BCUT2D eigenvalue weighted by atomic mass is 10.1. The molecule has 0 spiro atoms. The number of hydrogen-bond donors (Lipinski definition) is 2. The first kappa shape index (κ1) is 23.3. The number of nitrogens with zero attached hydrogens (tertiary/aromatic N) is 1. The SMILES string of the molecule is CC(N)c1ccc(C(=O)N2CC(OCc3ccccc3)CC2C(=O)NC2CCc3ccccc32)o1. The summed E-state index contributed by atoms with van der Waals surface area (Å²) >= 11 is 0. The molecule has 0 bridgehead atoms. The van der Waals surface area contributed by atoms with Gasteiger partial charge in [-0.15, -0.1) is 0 Å². The first-order chi connectivity index (χ1) is 17.0. The van der Waals surface area contributed by atoms with Crippen molar-refractivity contribution in [2.24, 2.45) is 5.73 Å². The highest BCUT2D eigenvalue weighted by atomic mass is 16.5. The Hall–Kier alpha value is -3.42. The Labute approximate surface area is 205 Å². The van der Waals surface area contributed by atoms with Gasteiger partial charge in [-0.1, -0.05) is 54.6 Å². The van der Waals surface area contributed by atoms with Gasteiger partial charge in [0.15, 0.2) is 5.76 Å². The van der Waals surface area contributed by atoms with E-state index in [1.165, 1.54) is 5.56 Å². The van der Waals surface area contributed by atoms with Crippen LogP contribution in [0.1, 0.15) is 64.9 Å². The number of likely N-dealkylation sites (tertiary alicyclic amines) is 1. The molecule has 1 aliphatic heterocycles. The Morgan fingerprint density at radius 1 is 1.11 bits per heavy atom. The van der Waals surface area contributed by atoms with Crippen LogP contribution in [0.3, 0.4) is 0 Å². The van der Waals surface area contributed by atoms with E-state index in [0.717, 1.165) is 24.0 Å². The highest BCUT2D eigenvalue weighted by Gasteiger charge is 2.42. The van der Waals surface area contributed by atoms with E-state index in [-0.39, 0.29) is 35.8 Å². The molecule has 1 aromatic heterocycles. The van der Waals surface area contributed by atoms with E-state index < -0.39 is 6.04 Å². The number of fused-ring (bicyclic) bond motifs is 1. The Bertz CT molecular complexity index is 1190. The number of benzene rings is 2. The number of carbonyl (C=O) groups excluding carboxylic acids is 2. The van der Waals surface area contributed by atoms with Gasteiger partial charge in [-0.25, -0.2) is 0 Å². The van der Waals surface area contributed by atoms with Crippen LogP contribution in [0.25, 0.3) is 0 Å². The number of hydrogen-bond acceptors (Lipinski definition) is 5. The molecule has 5 rings (SSSR count). The standard InChI is InChI=1S/C28H31N3O4/c1-18(29)25-13-14-26(35-25)28(33)31-16-21(34-17-19-7-3-2-4-8-19)15-24(31)27(32)30-23-12-11-20-9-5-6-10-22(20)23/h2-10,13-14,18,21,23-24H,11-12,15-17,29H2,1H3,(H,30,32). The van der Waals surface area contributed by atoms with Crippen molar-refractivity contribution in [1.82, 2.24) is 10.2 Å². The van der Waals surface area contributed by atoms with Gasteiger partial charge in [0, 0.05) is 13.0 Å². The van der Waals surface area contributed by atoms with Crippen molar-refractivity contribution >= 4 is 11.8 Å². The Balaban J connectivity index is 1.33. The molecular weight excluding hydrogens is 442 g/mol. The number of amides is 2. The zero-order chi connectivity index (χ0) is 24.4. The molecule has 4 atom stereocenters. The predicted octanol–water partition coefficient (Wildman–Crippen LogP) is 3.90. The molecule has 7 heteroatoms. The van der Waals surface area contributed by atoms with Crippen molar-refractivity contribution in [3.8, 4) is 0 Å². The lowest BCUT2D eigenvalue weighted by Gasteiger charge is -2.24. The summed E-state index contributed by atoms with van der Waals surface area (Å²) in [6.07, 6.45) is 1.97. The molecule has 35 heavy (non-hydrogen) atoms. The fourth-order valence-electron chi connectivity index (χ4n) is 5.01. The van der Waals surface area contributed by atoms with Crippen molar-refractivity contribution in [3.63, 3.8) is 0 Å². The van der Waals surface area contributed by atoms with Crippen LogP contribution in [-0.4, -0.2) is 35.4 Å². The number of ether oxygens (including phenoxy) is 1. The lowest BCUT2D eigenvalue weighted by Crippen LogP contribution is -2.46. The fourth-order valence-corrected chi connectivity index (χ4v) is 5.01. The summed E-state index contributed by atoms with van der Waals surface area (Å²) in [6.45, 7) is 2.54. The molecule has 1 saturated heterocycles. The average molecular weight is 474 g/mol. The highest BCUT2D eigenvalue weighted by Crippen LogP contribution is 2.32. The summed E-state index contributed by atoms with van der Waals surface area (Å²) in [5, 5.41) is 3.19. The van der Waals surface area contributed by atoms with E-state index in [0.29, 0.717) is 25.3 Å². The highest BCUT2D eigenvalue weighted by molar-refractivity contribution is 5.96. The van der Waals surface area contributed by atoms with Gasteiger partial charge in [0.05, 0.1) is 24.8 Å². The minimum absolute atomic E-state index is 0.0479. The Kier molecular flexibility index (Phi) is 6.70. The van der Waals surface area contributed by atoms with Crippen molar-refractivity contribution < 1.29 is 18.7 Å². The first-order valence-electron chi connectivity index (χ1n) is 12.2. The molecule has 2 aromatic carbocycles. The van der Waals surface area contributed by atoms with Crippen LogP contribution in [-0.2, 0) is 22.6 Å². The molecule has 7 nitrogen and oxygen atoms in total. The maximum Gasteiger partial charge on any atom is 0.290 e. The van der Waals surface area contributed by atoms with Crippen LogP contribution in [0.5, 0.6) is 0 Å². The summed E-state index contributed by atoms with van der Waals surface area (Å²) in [7, 11) is 0. The number of rotatable bonds is 7. The first-order valence-corrected chi connectivity index (χ1v) is 12.2. The molecule has 1 fully saturated rings. The van der Waals surface area contributed by atoms with Gasteiger partial charge in [0.25, 0.3) is 5.91 Å². The average Bonchev–Trinajstić information content (AvgIpc) is 3.62. The van der Waals surface area contributed by atoms with Gasteiger partial charge >= 0.3 is 0 Å². The lowest BCUT2D eigenvalue weighted by molar-refractivity contribution is -0.125. The minimum Gasteiger partial charge on any atom is -0.454 e. The van der Waals surface area contributed by atoms with E-state index in [4.69, 9.17) is 14.9 Å². The van der Waals surface area contributed by atoms with Crippen LogP contribution >= 0.6 is 0 Å². The molecule has 182 valence electrons. The molecule has 0 saturated carbocycles. The van der Waals surface area contributed by atoms with E-state index in [9.17, 15) is 9.59 Å². The predicted molar refractivity (Wildman–Crippen MR) is 131 cm³/mol. The topological polar surface area (TPSA) is 97.8 Å². The summed E-state index contributed by atoms with van der Waals surface area (Å²) in [6, 6.07) is 20.4.